The van der Waals surface area contributed by atoms with Crippen LogP contribution in [0.25, 0.3) is 0 Å². The van der Waals surface area contributed by atoms with Crippen molar-refractivity contribution < 1.29 is 17.7 Å². The molecule has 3 atom stereocenters. The molecule has 0 aliphatic carbocycles. The van der Waals surface area contributed by atoms with Gasteiger partial charge in [0.15, 0.2) is 5.82 Å². The molecule has 2 aliphatic rings. The fourth-order valence-electron chi connectivity index (χ4n) is 3.51. The topological polar surface area (TPSA) is 85.5 Å². The molecule has 128 valence electrons. The summed E-state index contributed by atoms with van der Waals surface area (Å²) < 4.78 is 38.0. The summed E-state index contributed by atoms with van der Waals surface area (Å²) in [6.07, 6.45) is 1.35. The molecule has 0 N–H and O–H groups in total. The lowest BCUT2D eigenvalue weighted by atomic mass is 10.0. The van der Waals surface area contributed by atoms with Gasteiger partial charge in [0.05, 0.1) is 23.5 Å². The van der Waals surface area contributed by atoms with E-state index in [1.807, 2.05) is 6.07 Å². The molecule has 2 fully saturated rings. The summed E-state index contributed by atoms with van der Waals surface area (Å²) in [4.78, 5) is 4.53. The predicted octanol–water partition coefficient (Wildman–Crippen LogP) is 1.40. The second-order valence-corrected chi connectivity index (χ2v) is 8.30. The van der Waals surface area contributed by atoms with Gasteiger partial charge < -0.3 is 9.26 Å². The molecule has 0 spiro atoms. The van der Waals surface area contributed by atoms with Crippen molar-refractivity contribution in [3.63, 3.8) is 0 Å². The third-order valence-corrected chi connectivity index (χ3v) is 6.48. The van der Waals surface area contributed by atoms with Crippen molar-refractivity contribution in [2.45, 2.75) is 36.9 Å². The van der Waals surface area contributed by atoms with E-state index in [0.717, 1.165) is 6.42 Å². The third kappa shape index (κ3) is 2.85. The number of aryl methyl sites for hydroxylation is 1. The van der Waals surface area contributed by atoms with E-state index in [-0.39, 0.29) is 18.1 Å². The minimum absolute atomic E-state index is 0.0152. The minimum atomic E-state index is -3.44. The zero-order chi connectivity index (χ0) is 16.7. The lowest BCUT2D eigenvalue weighted by Crippen LogP contribution is -2.31. The Morgan fingerprint density at radius 1 is 1.25 bits per heavy atom. The fraction of sp³-hybridized carbons (Fsp3) is 0.500. The third-order valence-electron chi connectivity index (χ3n) is 4.63. The van der Waals surface area contributed by atoms with E-state index in [0.29, 0.717) is 36.1 Å². The monoisotopic (exact) mass is 349 g/mol. The lowest BCUT2D eigenvalue weighted by molar-refractivity contribution is 0.0400. The van der Waals surface area contributed by atoms with Gasteiger partial charge in [0.25, 0.3) is 0 Å². The van der Waals surface area contributed by atoms with Crippen molar-refractivity contribution >= 4 is 10.0 Å². The van der Waals surface area contributed by atoms with Crippen LogP contribution in [0.4, 0.5) is 0 Å². The van der Waals surface area contributed by atoms with Crippen LogP contribution in [0.5, 0.6) is 0 Å². The van der Waals surface area contributed by atoms with E-state index in [9.17, 15) is 8.42 Å². The molecule has 1 aromatic carbocycles. The van der Waals surface area contributed by atoms with Crippen molar-refractivity contribution in [1.29, 1.82) is 0 Å². The van der Waals surface area contributed by atoms with Crippen LogP contribution in [0, 0.1) is 12.8 Å². The molecule has 7 nitrogen and oxygen atoms in total. The molecular formula is C16H19N3O4S. The Morgan fingerprint density at radius 3 is 2.71 bits per heavy atom. The van der Waals surface area contributed by atoms with Gasteiger partial charge in [-0.3, -0.25) is 0 Å². The van der Waals surface area contributed by atoms with Gasteiger partial charge >= 0.3 is 0 Å². The first-order chi connectivity index (χ1) is 11.5. The van der Waals surface area contributed by atoms with Crippen LogP contribution in [0.3, 0.4) is 0 Å². The van der Waals surface area contributed by atoms with Crippen LogP contribution < -0.4 is 0 Å². The van der Waals surface area contributed by atoms with E-state index in [1.54, 1.807) is 31.2 Å². The molecule has 1 aromatic heterocycles. The highest BCUT2D eigenvalue weighted by atomic mass is 32.2. The summed E-state index contributed by atoms with van der Waals surface area (Å²) in [5, 5.41) is 3.78. The first-order valence-corrected chi connectivity index (χ1v) is 9.46. The lowest BCUT2D eigenvalue weighted by Gasteiger charge is -2.18. The number of benzene rings is 1. The Kier molecular flexibility index (Phi) is 3.90. The minimum Gasteiger partial charge on any atom is -0.373 e. The highest BCUT2D eigenvalue weighted by molar-refractivity contribution is 7.89. The smallest absolute Gasteiger partial charge is 0.243 e. The highest BCUT2D eigenvalue weighted by Gasteiger charge is 2.46. The summed E-state index contributed by atoms with van der Waals surface area (Å²) >= 11 is 0. The molecule has 3 heterocycles. The Morgan fingerprint density at radius 2 is 2.04 bits per heavy atom. The zero-order valence-electron chi connectivity index (χ0n) is 13.3. The number of rotatable bonds is 4. The van der Waals surface area contributed by atoms with Crippen molar-refractivity contribution in [2.24, 2.45) is 5.92 Å². The van der Waals surface area contributed by atoms with E-state index in [1.165, 1.54) is 4.31 Å². The van der Waals surface area contributed by atoms with Gasteiger partial charge in [-0.2, -0.15) is 9.29 Å². The maximum absolute atomic E-state index is 12.7. The van der Waals surface area contributed by atoms with Crippen LogP contribution in [0.15, 0.2) is 39.8 Å². The average molecular weight is 349 g/mol. The molecule has 24 heavy (non-hydrogen) atoms. The Bertz CT molecular complexity index is 807. The van der Waals surface area contributed by atoms with E-state index in [2.05, 4.69) is 10.1 Å². The largest absolute Gasteiger partial charge is 0.373 e. The van der Waals surface area contributed by atoms with Gasteiger partial charge in [-0.15, -0.1) is 0 Å². The van der Waals surface area contributed by atoms with Gasteiger partial charge in [0.2, 0.25) is 15.9 Å². The molecule has 2 saturated heterocycles. The van der Waals surface area contributed by atoms with Crippen molar-refractivity contribution in [1.82, 2.24) is 14.4 Å². The van der Waals surface area contributed by atoms with E-state index < -0.39 is 10.0 Å². The quantitative estimate of drug-likeness (QED) is 0.829. The number of ether oxygens (including phenoxy) is 1. The fourth-order valence-corrected chi connectivity index (χ4v) is 5.04. The molecule has 2 aromatic rings. The molecule has 8 heteroatoms. The summed E-state index contributed by atoms with van der Waals surface area (Å²) in [7, 11) is -3.44. The molecule has 0 amide bonds. The molecule has 0 unspecified atom stereocenters. The first-order valence-electron chi connectivity index (χ1n) is 8.02. The van der Waals surface area contributed by atoms with Crippen LogP contribution in [0.2, 0.25) is 0 Å². The summed E-state index contributed by atoms with van der Waals surface area (Å²) in [5.74, 6) is 1.41. The van der Waals surface area contributed by atoms with Gasteiger partial charge in [-0.1, -0.05) is 23.4 Å². The van der Waals surface area contributed by atoms with Gasteiger partial charge in [0, 0.05) is 19.0 Å². The predicted molar refractivity (Wildman–Crippen MR) is 84.7 cm³/mol. The van der Waals surface area contributed by atoms with Crippen molar-refractivity contribution in [3.8, 4) is 0 Å². The second-order valence-electron chi connectivity index (χ2n) is 6.37. The molecule has 4 rings (SSSR count). The van der Waals surface area contributed by atoms with Crippen LogP contribution >= 0.6 is 0 Å². The molecule has 2 aliphatic heterocycles. The molecule has 0 saturated carbocycles. The standard InChI is InChI=1S/C16H19N3O4S/c1-11-17-16(23-18-11)8-13-7-12-9-19(10-15(12)22-13)24(20,21)14-5-3-2-4-6-14/h2-6,12-13,15H,7-10H2,1H3/t12-,13+,15+/m1/s1. The number of nitrogens with zero attached hydrogens (tertiary/aromatic N) is 3. The normalized spacial score (nSPS) is 27.5. The van der Waals surface area contributed by atoms with E-state index >= 15 is 0 Å². The maximum atomic E-state index is 12.7. The van der Waals surface area contributed by atoms with Gasteiger partial charge in [0.1, 0.15) is 0 Å². The molecule has 0 radical (unpaired) electrons. The number of hydrogen-bond acceptors (Lipinski definition) is 6. The molecule has 0 bridgehead atoms. The Hall–Kier alpha value is -1.77. The van der Waals surface area contributed by atoms with Crippen molar-refractivity contribution in [3.05, 3.63) is 42.0 Å². The number of hydrogen-bond donors (Lipinski definition) is 0. The highest BCUT2D eigenvalue weighted by Crippen LogP contribution is 2.36. The SMILES string of the molecule is Cc1noc(C[C@@H]2C[C@@H]3CN(S(=O)(=O)c4ccccc4)C[C@@H]3O2)n1. The number of fused-ring (bicyclic) bond motifs is 1. The summed E-state index contributed by atoms with van der Waals surface area (Å²) in [6.45, 7) is 2.69. The number of aromatic nitrogens is 2. The average Bonchev–Trinajstić information content (AvgIpc) is 3.23. The van der Waals surface area contributed by atoms with E-state index in [4.69, 9.17) is 9.26 Å². The summed E-state index contributed by atoms with van der Waals surface area (Å²) in [5.41, 5.74) is 0. The molecular weight excluding hydrogens is 330 g/mol. The number of sulfonamides is 1. The van der Waals surface area contributed by atoms with Crippen LogP contribution in [-0.4, -0.2) is 48.2 Å². The second kappa shape index (κ2) is 5.94. The maximum Gasteiger partial charge on any atom is 0.243 e. The van der Waals surface area contributed by atoms with Crippen LogP contribution in [-0.2, 0) is 21.2 Å². The Labute approximate surface area is 140 Å². The van der Waals surface area contributed by atoms with Crippen molar-refractivity contribution in [2.75, 3.05) is 13.1 Å². The first kappa shape index (κ1) is 15.7. The van der Waals surface area contributed by atoms with Gasteiger partial charge in [-0.25, -0.2) is 8.42 Å². The summed E-state index contributed by atoms with van der Waals surface area (Å²) in [6, 6.07) is 8.55. The zero-order valence-corrected chi connectivity index (χ0v) is 14.1. The van der Waals surface area contributed by atoms with Gasteiger partial charge in [-0.05, 0) is 25.5 Å². The Balaban J connectivity index is 1.41. The van der Waals surface area contributed by atoms with Crippen LogP contribution in [0.1, 0.15) is 18.1 Å².